The molecule has 1 N–H and O–H groups in total. The summed E-state index contributed by atoms with van der Waals surface area (Å²) in [5.74, 6) is -1.93. The first-order valence-electron chi connectivity index (χ1n) is 9.10. The summed E-state index contributed by atoms with van der Waals surface area (Å²) in [5.41, 5.74) is 0.233. The molecule has 0 aromatic heterocycles. The summed E-state index contributed by atoms with van der Waals surface area (Å²) in [4.78, 5) is 14.3. The van der Waals surface area contributed by atoms with Crippen molar-refractivity contribution < 1.29 is 27.1 Å². The summed E-state index contributed by atoms with van der Waals surface area (Å²) in [6.45, 7) is 5.25. The maximum atomic E-state index is 13.9. The highest BCUT2D eigenvalue weighted by Gasteiger charge is 2.34. The Morgan fingerprint density at radius 2 is 1.87 bits per heavy atom. The molecule has 0 saturated heterocycles. The van der Waals surface area contributed by atoms with Gasteiger partial charge in [0.05, 0.1) is 11.1 Å². The SMILES string of the molecule is CCN(C)C(=S)Nc1cc(C)c(C(=O)OCc2c(F)cccc2C(F)(F)F)cc1C. The van der Waals surface area contributed by atoms with E-state index in [2.05, 4.69) is 5.32 Å². The molecule has 0 radical (unpaired) electrons. The second kappa shape index (κ2) is 9.42. The molecule has 2 rings (SSSR count). The molecule has 162 valence electrons. The maximum absolute atomic E-state index is 13.9. The van der Waals surface area contributed by atoms with Crippen molar-refractivity contribution in [1.82, 2.24) is 4.90 Å². The molecule has 2 aromatic carbocycles. The fourth-order valence-corrected chi connectivity index (χ4v) is 2.95. The molecule has 0 aliphatic rings. The van der Waals surface area contributed by atoms with Crippen molar-refractivity contribution in [2.45, 2.75) is 33.6 Å². The van der Waals surface area contributed by atoms with Crippen LogP contribution in [0.15, 0.2) is 30.3 Å². The van der Waals surface area contributed by atoms with Crippen molar-refractivity contribution in [3.63, 3.8) is 0 Å². The van der Waals surface area contributed by atoms with E-state index in [1.54, 1.807) is 26.0 Å². The van der Waals surface area contributed by atoms with Crippen molar-refractivity contribution >= 4 is 29.0 Å². The number of benzene rings is 2. The minimum Gasteiger partial charge on any atom is -0.457 e. The van der Waals surface area contributed by atoms with Gasteiger partial charge in [0.1, 0.15) is 12.4 Å². The normalized spacial score (nSPS) is 11.2. The lowest BCUT2D eigenvalue weighted by Crippen LogP contribution is -2.31. The van der Waals surface area contributed by atoms with Crippen LogP contribution in [-0.4, -0.2) is 29.6 Å². The molecular formula is C21H22F4N2O2S. The number of anilines is 1. The molecule has 0 bridgehead atoms. The van der Waals surface area contributed by atoms with E-state index >= 15 is 0 Å². The summed E-state index contributed by atoms with van der Waals surface area (Å²) < 4.78 is 58.2. The van der Waals surface area contributed by atoms with Gasteiger partial charge >= 0.3 is 12.1 Å². The third-order valence-electron chi connectivity index (χ3n) is 4.63. The number of thiocarbonyl (C=S) groups is 1. The number of hydrogen-bond acceptors (Lipinski definition) is 3. The average molecular weight is 442 g/mol. The van der Waals surface area contributed by atoms with E-state index in [9.17, 15) is 22.4 Å². The monoisotopic (exact) mass is 442 g/mol. The zero-order valence-electron chi connectivity index (χ0n) is 17.0. The molecule has 0 unspecified atom stereocenters. The van der Waals surface area contributed by atoms with Crippen LogP contribution in [-0.2, 0) is 17.5 Å². The van der Waals surface area contributed by atoms with Crippen molar-refractivity contribution in [1.29, 1.82) is 0 Å². The Labute approximate surface area is 177 Å². The Kier molecular flexibility index (Phi) is 7.41. The van der Waals surface area contributed by atoms with Crippen LogP contribution in [0, 0.1) is 19.7 Å². The molecule has 9 heteroatoms. The van der Waals surface area contributed by atoms with Gasteiger partial charge in [-0.1, -0.05) is 6.07 Å². The van der Waals surface area contributed by atoms with Gasteiger partial charge < -0.3 is 15.0 Å². The number of aryl methyl sites for hydroxylation is 2. The highest BCUT2D eigenvalue weighted by Crippen LogP contribution is 2.33. The number of ether oxygens (including phenoxy) is 1. The van der Waals surface area contributed by atoms with Gasteiger partial charge in [-0.2, -0.15) is 13.2 Å². The van der Waals surface area contributed by atoms with Crippen molar-refractivity contribution in [2.75, 3.05) is 18.9 Å². The fourth-order valence-electron chi connectivity index (χ4n) is 2.71. The fraction of sp³-hybridized carbons (Fsp3) is 0.333. The summed E-state index contributed by atoms with van der Waals surface area (Å²) in [7, 11) is 1.83. The third kappa shape index (κ3) is 5.47. The molecule has 2 aromatic rings. The van der Waals surface area contributed by atoms with E-state index < -0.39 is 35.7 Å². The summed E-state index contributed by atoms with van der Waals surface area (Å²) in [6, 6.07) is 5.86. The summed E-state index contributed by atoms with van der Waals surface area (Å²) in [6.07, 6.45) is -4.76. The number of alkyl halides is 3. The van der Waals surface area contributed by atoms with Gasteiger partial charge in [-0.05, 0) is 68.4 Å². The van der Waals surface area contributed by atoms with E-state index in [4.69, 9.17) is 17.0 Å². The standard InChI is InChI=1S/C21H22F4N2O2S/c1-5-27(4)20(30)26-18-10-12(2)14(9-13(18)3)19(28)29-11-15-16(21(23,24)25)7-6-8-17(15)22/h6-10H,5,11H2,1-4H3,(H,26,30). The van der Waals surface area contributed by atoms with Crippen molar-refractivity contribution in [3.8, 4) is 0 Å². The minimum absolute atomic E-state index is 0.178. The van der Waals surface area contributed by atoms with Crippen LogP contribution < -0.4 is 5.32 Å². The first kappa shape index (κ1) is 23.6. The number of nitrogens with zero attached hydrogens (tertiary/aromatic N) is 1. The molecule has 0 heterocycles. The lowest BCUT2D eigenvalue weighted by Gasteiger charge is -2.21. The number of halogens is 4. The number of esters is 1. The van der Waals surface area contributed by atoms with Crippen LogP contribution in [0.1, 0.15) is 39.5 Å². The number of rotatable bonds is 5. The van der Waals surface area contributed by atoms with Gasteiger partial charge in [-0.3, -0.25) is 0 Å². The molecular weight excluding hydrogens is 420 g/mol. The molecule has 0 aliphatic carbocycles. The molecule has 4 nitrogen and oxygen atoms in total. The van der Waals surface area contributed by atoms with E-state index in [0.29, 0.717) is 28.5 Å². The first-order valence-corrected chi connectivity index (χ1v) is 9.51. The number of carbonyl (C=O) groups excluding carboxylic acids is 1. The van der Waals surface area contributed by atoms with Crippen LogP contribution in [0.4, 0.5) is 23.2 Å². The maximum Gasteiger partial charge on any atom is 0.416 e. The lowest BCUT2D eigenvalue weighted by molar-refractivity contribution is -0.139. The Hall–Kier alpha value is -2.68. The van der Waals surface area contributed by atoms with E-state index in [1.165, 1.54) is 0 Å². The largest absolute Gasteiger partial charge is 0.457 e. The van der Waals surface area contributed by atoms with Crippen LogP contribution in [0.3, 0.4) is 0 Å². The second-order valence-corrected chi connectivity index (χ2v) is 7.15. The summed E-state index contributed by atoms with van der Waals surface area (Å²) >= 11 is 5.29. The van der Waals surface area contributed by atoms with E-state index in [-0.39, 0.29) is 5.56 Å². The quantitative estimate of drug-likeness (QED) is 0.378. The molecule has 0 saturated carbocycles. The molecule has 0 aliphatic heterocycles. The average Bonchev–Trinajstić information content (AvgIpc) is 2.67. The van der Waals surface area contributed by atoms with Gasteiger partial charge in [0.2, 0.25) is 0 Å². The highest BCUT2D eigenvalue weighted by molar-refractivity contribution is 7.80. The van der Waals surface area contributed by atoms with Gasteiger partial charge in [-0.25, -0.2) is 9.18 Å². The number of nitrogens with one attached hydrogen (secondary N) is 1. The Balaban J connectivity index is 2.21. The molecule has 0 atom stereocenters. The van der Waals surface area contributed by atoms with Crippen LogP contribution in [0.5, 0.6) is 0 Å². The Bertz CT molecular complexity index is 961. The van der Waals surface area contributed by atoms with Gasteiger partial charge in [0.15, 0.2) is 5.11 Å². The summed E-state index contributed by atoms with van der Waals surface area (Å²) in [5, 5.41) is 3.60. The Morgan fingerprint density at radius 1 is 1.20 bits per heavy atom. The topological polar surface area (TPSA) is 41.6 Å². The van der Waals surface area contributed by atoms with Gasteiger partial charge in [0, 0.05) is 24.8 Å². The molecule has 0 spiro atoms. The Morgan fingerprint density at radius 3 is 2.47 bits per heavy atom. The number of hydrogen-bond donors (Lipinski definition) is 1. The van der Waals surface area contributed by atoms with Crippen LogP contribution in [0.25, 0.3) is 0 Å². The first-order chi connectivity index (χ1) is 14.0. The lowest BCUT2D eigenvalue weighted by atomic mass is 10.0. The van der Waals surface area contributed by atoms with Gasteiger partial charge in [0.25, 0.3) is 0 Å². The predicted octanol–water partition coefficient (Wildman–Crippen LogP) is 5.47. The zero-order chi connectivity index (χ0) is 22.6. The predicted molar refractivity (Wildman–Crippen MR) is 111 cm³/mol. The second-order valence-electron chi connectivity index (χ2n) is 6.77. The van der Waals surface area contributed by atoms with Crippen molar-refractivity contribution in [2.24, 2.45) is 0 Å². The van der Waals surface area contributed by atoms with Crippen LogP contribution in [0.2, 0.25) is 0 Å². The van der Waals surface area contributed by atoms with E-state index in [0.717, 1.165) is 18.2 Å². The minimum atomic E-state index is -4.76. The molecule has 0 amide bonds. The van der Waals surface area contributed by atoms with E-state index in [1.807, 2.05) is 18.9 Å². The highest BCUT2D eigenvalue weighted by atomic mass is 32.1. The molecule has 30 heavy (non-hydrogen) atoms. The third-order valence-corrected chi connectivity index (χ3v) is 5.04. The zero-order valence-corrected chi connectivity index (χ0v) is 17.8. The smallest absolute Gasteiger partial charge is 0.416 e. The van der Waals surface area contributed by atoms with Crippen molar-refractivity contribution in [3.05, 3.63) is 64.0 Å². The number of carbonyl (C=O) groups is 1. The van der Waals surface area contributed by atoms with Gasteiger partial charge in [-0.15, -0.1) is 0 Å². The van der Waals surface area contributed by atoms with Crippen LogP contribution >= 0.6 is 12.2 Å². The molecule has 0 fully saturated rings.